The van der Waals surface area contributed by atoms with Gasteiger partial charge in [0.25, 0.3) is 0 Å². The number of aromatic nitrogens is 5. The lowest BCUT2D eigenvalue weighted by molar-refractivity contribution is 0.221. The number of hydrogen-bond acceptors (Lipinski definition) is 5. The Kier molecular flexibility index (Phi) is 3.55. The lowest BCUT2D eigenvalue weighted by Gasteiger charge is -2.14. The summed E-state index contributed by atoms with van der Waals surface area (Å²) in [5.74, 6) is 0.784. The Hall–Kier alpha value is -2.83. The van der Waals surface area contributed by atoms with E-state index in [2.05, 4.69) is 25.6 Å². The number of nitrogens with one attached hydrogen (secondary N) is 1. The van der Waals surface area contributed by atoms with Crippen molar-refractivity contribution < 1.29 is 10.6 Å². The Morgan fingerprint density at radius 1 is 1.19 bits per heavy atom. The molecule has 1 N–H and O–H groups in total. The predicted octanol–water partition coefficient (Wildman–Crippen LogP) is 2.79. The first-order valence-corrected chi connectivity index (χ1v) is 6.34. The second kappa shape index (κ2) is 5.66. The Morgan fingerprint density at radius 2 is 2.00 bits per heavy atom. The molecule has 3 rings (SSSR count). The molecule has 2 aromatic heterocycles. The molecular weight excluding hydrogens is 273 g/mol. The smallest absolute Gasteiger partial charge is 0.206 e. The lowest BCUT2D eigenvalue weighted by Crippen LogP contribution is -2.05. The van der Waals surface area contributed by atoms with E-state index in [9.17, 15) is 4.39 Å². The van der Waals surface area contributed by atoms with E-state index in [1.165, 1.54) is 12.1 Å². The number of pyridine rings is 1. The largest absolute Gasteiger partial charge is 0.484 e. The van der Waals surface area contributed by atoms with Gasteiger partial charge in [-0.1, -0.05) is 0 Å². The number of rotatable bonds is 4. The van der Waals surface area contributed by atoms with Gasteiger partial charge in [0.1, 0.15) is 17.7 Å². The van der Waals surface area contributed by atoms with Gasteiger partial charge in [-0.05, 0) is 48.5 Å². The van der Waals surface area contributed by atoms with Gasteiger partial charge < -0.3 is 4.74 Å². The number of hydrogen-bond donors (Lipinski definition) is 1. The SMILES string of the molecule is CC(Oc1ccc(F)cc1)c1ccc(-c2nn[nH]n2)cn1.[HH]. The van der Waals surface area contributed by atoms with Crippen molar-refractivity contribution in [2.75, 3.05) is 0 Å². The van der Waals surface area contributed by atoms with E-state index in [-0.39, 0.29) is 13.3 Å². The highest BCUT2D eigenvalue weighted by atomic mass is 19.1. The number of tetrazole rings is 1. The molecule has 0 fully saturated rings. The Bertz CT molecular complexity index is 703. The fourth-order valence-corrected chi connectivity index (χ4v) is 1.84. The van der Waals surface area contributed by atoms with E-state index in [0.29, 0.717) is 11.6 Å². The van der Waals surface area contributed by atoms with Crippen LogP contribution in [0.4, 0.5) is 4.39 Å². The molecule has 0 bridgehead atoms. The maximum Gasteiger partial charge on any atom is 0.206 e. The average molecular weight is 287 g/mol. The van der Waals surface area contributed by atoms with Crippen LogP contribution in [0.5, 0.6) is 5.75 Å². The average Bonchev–Trinajstić information content (AvgIpc) is 3.04. The Morgan fingerprint density at radius 3 is 2.62 bits per heavy atom. The van der Waals surface area contributed by atoms with E-state index < -0.39 is 0 Å². The molecule has 0 radical (unpaired) electrons. The molecule has 0 saturated carbocycles. The molecule has 3 aromatic rings. The summed E-state index contributed by atoms with van der Waals surface area (Å²) in [6, 6.07) is 9.56. The molecule has 0 aliphatic carbocycles. The van der Waals surface area contributed by atoms with Crippen LogP contribution in [0.15, 0.2) is 42.6 Å². The molecule has 0 amide bonds. The van der Waals surface area contributed by atoms with Gasteiger partial charge >= 0.3 is 0 Å². The van der Waals surface area contributed by atoms with Crippen LogP contribution in [0.25, 0.3) is 11.4 Å². The maximum atomic E-state index is 12.8. The second-order valence-corrected chi connectivity index (χ2v) is 4.42. The summed E-state index contributed by atoms with van der Waals surface area (Å²) in [6.45, 7) is 1.87. The van der Waals surface area contributed by atoms with Gasteiger partial charge in [0.2, 0.25) is 5.82 Å². The molecule has 1 aromatic carbocycles. The van der Waals surface area contributed by atoms with Crippen LogP contribution in [0.1, 0.15) is 20.1 Å². The highest BCUT2D eigenvalue weighted by Crippen LogP contribution is 2.22. The zero-order chi connectivity index (χ0) is 14.7. The third-order valence-corrected chi connectivity index (χ3v) is 2.93. The molecule has 21 heavy (non-hydrogen) atoms. The van der Waals surface area contributed by atoms with Crippen molar-refractivity contribution >= 4 is 0 Å². The number of halogens is 1. The minimum Gasteiger partial charge on any atom is -0.484 e. The third kappa shape index (κ3) is 3.02. The molecule has 0 saturated heterocycles. The number of benzene rings is 1. The van der Waals surface area contributed by atoms with Crippen molar-refractivity contribution in [1.29, 1.82) is 0 Å². The van der Waals surface area contributed by atoms with Gasteiger partial charge in [-0.2, -0.15) is 5.21 Å². The summed E-state index contributed by atoms with van der Waals surface area (Å²) in [4.78, 5) is 4.33. The summed E-state index contributed by atoms with van der Waals surface area (Å²) in [6.07, 6.45) is 1.40. The summed E-state index contributed by atoms with van der Waals surface area (Å²) in [5, 5.41) is 13.7. The number of H-pyrrole nitrogens is 1. The van der Waals surface area contributed by atoms with E-state index in [4.69, 9.17) is 4.74 Å². The standard InChI is InChI=1S/C14H12FN5O.H2/c1-9(21-12-5-3-11(15)4-6-12)13-7-2-10(8-16-13)14-17-19-20-18-14;/h2-9H,1H3,(H,17,18,19,20);1H. The topological polar surface area (TPSA) is 76.6 Å². The van der Waals surface area contributed by atoms with Crippen LogP contribution >= 0.6 is 0 Å². The first-order valence-electron chi connectivity index (χ1n) is 6.34. The second-order valence-electron chi connectivity index (χ2n) is 4.42. The van der Waals surface area contributed by atoms with Gasteiger partial charge in [-0.3, -0.25) is 4.98 Å². The fourth-order valence-electron chi connectivity index (χ4n) is 1.84. The summed E-state index contributed by atoms with van der Waals surface area (Å²) < 4.78 is 18.5. The van der Waals surface area contributed by atoms with Crippen molar-refractivity contribution in [1.82, 2.24) is 25.6 Å². The Labute approximate surface area is 121 Å². The first-order chi connectivity index (χ1) is 10.2. The van der Waals surface area contributed by atoms with Crippen LogP contribution in [0.2, 0.25) is 0 Å². The van der Waals surface area contributed by atoms with Crippen molar-refractivity contribution in [3.05, 3.63) is 54.1 Å². The van der Waals surface area contributed by atoms with Crippen LogP contribution in [-0.4, -0.2) is 25.6 Å². The first kappa shape index (κ1) is 13.2. The number of ether oxygens (including phenoxy) is 1. The third-order valence-electron chi connectivity index (χ3n) is 2.93. The molecule has 2 heterocycles. The highest BCUT2D eigenvalue weighted by molar-refractivity contribution is 5.51. The van der Waals surface area contributed by atoms with Crippen LogP contribution in [0, 0.1) is 5.82 Å². The predicted molar refractivity (Wildman–Crippen MR) is 75.0 cm³/mol. The van der Waals surface area contributed by atoms with Crippen molar-refractivity contribution in [2.45, 2.75) is 13.0 Å². The van der Waals surface area contributed by atoms with Crippen molar-refractivity contribution in [3.8, 4) is 17.1 Å². The van der Waals surface area contributed by atoms with Crippen LogP contribution < -0.4 is 4.74 Å². The minimum atomic E-state index is -0.294. The van der Waals surface area contributed by atoms with E-state index in [1.807, 2.05) is 19.1 Å². The molecule has 0 aliphatic heterocycles. The molecule has 6 nitrogen and oxygen atoms in total. The normalized spacial score (nSPS) is 12.1. The van der Waals surface area contributed by atoms with Gasteiger partial charge in [-0.15, -0.1) is 10.2 Å². The Balaban J connectivity index is 0.00000176. The number of aromatic amines is 1. The van der Waals surface area contributed by atoms with Gasteiger partial charge in [0.05, 0.1) is 5.69 Å². The molecule has 1 atom stereocenters. The van der Waals surface area contributed by atoms with E-state index in [0.717, 1.165) is 11.3 Å². The van der Waals surface area contributed by atoms with E-state index in [1.54, 1.807) is 18.3 Å². The van der Waals surface area contributed by atoms with Crippen LogP contribution in [-0.2, 0) is 0 Å². The zero-order valence-electron chi connectivity index (χ0n) is 11.2. The number of nitrogens with zero attached hydrogens (tertiary/aromatic N) is 4. The molecule has 7 heteroatoms. The summed E-state index contributed by atoms with van der Waals surface area (Å²) in [5.41, 5.74) is 1.52. The van der Waals surface area contributed by atoms with Gasteiger partial charge in [-0.25, -0.2) is 4.39 Å². The highest BCUT2D eigenvalue weighted by Gasteiger charge is 2.10. The van der Waals surface area contributed by atoms with Gasteiger partial charge in [0, 0.05) is 13.2 Å². The molecular formula is C14H14FN5O. The monoisotopic (exact) mass is 287 g/mol. The summed E-state index contributed by atoms with van der Waals surface area (Å²) >= 11 is 0. The molecule has 0 spiro atoms. The van der Waals surface area contributed by atoms with E-state index >= 15 is 0 Å². The molecule has 108 valence electrons. The van der Waals surface area contributed by atoms with Gasteiger partial charge in [0.15, 0.2) is 0 Å². The zero-order valence-corrected chi connectivity index (χ0v) is 11.2. The lowest BCUT2D eigenvalue weighted by atomic mass is 10.2. The van der Waals surface area contributed by atoms with Crippen molar-refractivity contribution in [2.24, 2.45) is 0 Å². The summed E-state index contributed by atoms with van der Waals surface area (Å²) in [7, 11) is 0. The van der Waals surface area contributed by atoms with Crippen LogP contribution in [0.3, 0.4) is 0 Å². The quantitative estimate of drug-likeness (QED) is 0.798. The molecule has 1 unspecified atom stereocenters. The minimum absolute atomic E-state index is 0. The maximum absolute atomic E-state index is 12.8. The fraction of sp³-hybridized carbons (Fsp3) is 0.143. The van der Waals surface area contributed by atoms with Crippen molar-refractivity contribution in [3.63, 3.8) is 0 Å². The molecule has 0 aliphatic rings.